The average molecular weight is 533 g/mol. The minimum atomic E-state index is 0.926. The second-order valence-corrected chi connectivity index (χ2v) is 11.6. The third kappa shape index (κ3) is 3.36. The lowest BCUT2D eigenvalue weighted by atomic mass is 9.84. The van der Waals surface area contributed by atoms with Crippen molar-refractivity contribution >= 4 is 32.7 Å². The van der Waals surface area contributed by atoms with Crippen molar-refractivity contribution in [3.63, 3.8) is 0 Å². The number of allylic oxidation sites excluding steroid dienone is 1. The Morgan fingerprint density at radius 1 is 0.333 bits per heavy atom. The Balaban J connectivity index is 1.40. The van der Waals surface area contributed by atoms with Crippen molar-refractivity contribution in [2.24, 2.45) is 0 Å². The summed E-state index contributed by atoms with van der Waals surface area (Å²) in [5, 5.41) is 5.26. The Morgan fingerprint density at radius 2 is 0.881 bits per heavy atom. The summed E-state index contributed by atoms with van der Waals surface area (Å²) in [6, 6.07) is 53.8. The van der Waals surface area contributed by atoms with Gasteiger partial charge >= 0.3 is 0 Å². The Bertz CT molecular complexity index is 2160. The highest BCUT2D eigenvalue weighted by atomic mass is 14.4. The van der Waals surface area contributed by atoms with E-state index in [1.807, 2.05) is 0 Å². The Kier molecular flexibility index (Phi) is 5.12. The van der Waals surface area contributed by atoms with Crippen molar-refractivity contribution in [1.29, 1.82) is 0 Å². The first kappa shape index (κ1) is 23.5. The van der Waals surface area contributed by atoms with Gasteiger partial charge < -0.3 is 0 Å². The minimum absolute atomic E-state index is 0.926. The highest BCUT2D eigenvalue weighted by Crippen LogP contribution is 2.52. The zero-order valence-electron chi connectivity index (χ0n) is 23.3. The second kappa shape index (κ2) is 9.16. The van der Waals surface area contributed by atoms with Crippen LogP contribution in [-0.4, -0.2) is 0 Å². The molecule has 7 aromatic carbocycles. The molecule has 0 aromatic heterocycles. The summed E-state index contributed by atoms with van der Waals surface area (Å²) in [6.45, 7) is 0. The first-order valence-corrected chi connectivity index (χ1v) is 14.9. The standard InChI is InChI=1S/C42H28/c1-3-13-27(14-4-1)39-32-19-9-11-21-34(32)42(35-22-12-10-20-33(35)39)38-26-37-36(40(38)28-15-5-2-6-16-28)24-23-30-25-29-17-7-8-18-31(29)41(30)37/h1-24H,25-26H2. The minimum Gasteiger partial charge on any atom is -0.0622 e. The maximum Gasteiger partial charge on any atom is -0.0000558 e. The molecule has 0 unspecified atom stereocenters. The van der Waals surface area contributed by atoms with E-state index in [-0.39, 0.29) is 0 Å². The summed E-state index contributed by atoms with van der Waals surface area (Å²) >= 11 is 0. The van der Waals surface area contributed by atoms with Gasteiger partial charge in [-0.1, -0.05) is 146 Å². The molecule has 42 heavy (non-hydrogen) atoms. The van der Waals surface area contributed by atoms with Gasteiger partial charge in [0.15, 0.2) is 0 Å². The summed E-state index contributed by atoms with van der Waals surface area (Å²) in [6.07, 6.45) is 1.95. The zero-order chi connectivity index (χ0) is 27.6. The predicted octanol–water partition coefficient (Wildman–Crippen LogP) is 10.7. The lowest BCUT2D eigenvalue weighted by molar-refractivity contribution is 1.24. The van der Waals surface area contributed by atoms with Gasteiger partial charge in [-0.05, 0) is 101 Å². The molecule has 0 atom stereocenters. The van der Waals surface area contributed by atoms with Crippen LogP contribution in [0.5, 0.6) is 0 Å². The highest BCUT2D eigenvalue weighted by molar-refractivity contribution is 6.22. The van der Waals surface area contributed by atoms with Crippen molar-refractivity contribution in [2.45, 2.75) is 12.8 Å². The number of hydrogen-bond acceptors (Lipinski definition) is 0. The fraction of sp³-hybridized carbons (Fsp3) is 0.0476. The molecule has 0 saturated heterocycles. The van der Waals surface area contributed by atoms with Gasteiger partial charge in [-0.3, -0.25) is 0 Å². The fourth-order valence-electron chi connectivity index (χ4n) is 7.67. The molecule has 7 aromatic rings. The van der Waals surface area contributed by atoms with E-state index in [1.54, 1.807) is 0 Å². The van der Waals surface area contributed by atoms with Crippen molar-refractivity contribution < 1.29 is 0 Å². The Morgan fingerprint density at radius 3 is 1.55 bits per heavy atom. The quantitative estimate of drug-likeness (QED) is 0.199. The summed E-state index contributed by atoms with van der Waals surface area (Å²) in [5.74, 6) is 0. The van der Waals surface area contributed by atoms with Gasteiger partial charge in [0, 0.05) is 0 Å². The van der Waals surface area contributed by atoms with Crippen molar-refractivity contribution in [3.05, 3.63) is 179 Å². The summed E-state index contributed by atoms with van der Waals surface area (Å²) in [5.41, 5.74) is 16.7. The van der Waals surface area contributed by atoms with E-state index in [1.165, 1.54) is 88.3 Å². The maximum absolute atomic E-state index is 2.40. The molecule has 0 amide bonds. The van der Waals surface area contributed by atoms with E-state index < -0.39 is 0 Å². The molecule has 0 heterocycles. The van der Waals surface area contributed by atoms with Crippen LogP contribution in [0.15, 0.2) is 146 Å². The lowest BCUT2D eigenvalue weighted by Crippen LogP contribution is -1.96. The lowest BCUT2D eigenvalue weighted by Gasteiger charge is -2.19. The number of fused-ring (bicyclic) bond motifs is 7. The molecular weight excluding hydrogens is 504 g/mol. The zero-order valence-corrected chi connectivity index (χ0v) is 23.3. The van der Waals surface area contributed by atoms with Crippen LogP contribution in [0.25, 0.3) is 54.9 Å². The van der Waals surface area contributed by atoms with Gasteiger partial charge in [0.2, 0.25) is 0 Å². The smallest absolute Gasteiger partial charge is 0.0000558 e. The molecule has 0 nitrogen and oxygen atoms in total. The molecule has 196 valence electrons. The van der Waals surface area contributed by atoms with E-state index in [0.717, 1.165) is 12.8 Å². The van der Waals surface area contributed by atoms with Crippen LogP contribution in [0.4, 0.5) is 0 Å². The molecule has 0 radical (unpaired) electrons. The van der Waals surface area contributed by atoms with E-state index in [9.17, 15) is 0 Å². The van der Waals surface area contributed by atoms with Gasteiger partial charge in [0.05, 0.1) is 0 Å². The van der Waals surface area contributed by atoms with Crippen LogP contribution in [0.1, 0.15) is 33.4 Å². The summed E-state index contributed by atoms with van der Waals surface area (Å²) < 4.78 is 0. The molecule has 0 saturated carbocycles. The van der Waals surface area contributed by atoms with Gasteiger partial charge in [-0.2, -0.15) is 0 Å². The molecule has 2 aliphatic carbocycles. The summed E-state index contributed by atoms with van der Waals surface area (Å²) in [4.78, 5) is 0. The molecule has 9 rings (SSSR count). The predicted molar refractivity (Wildman–Crippen MR) is 178 cm³/mol. The fourth-order valence-corrected chi connectivity index (χ4v) is 7.67. The summed E-state index contributed by atoms with van der Waals surface area (Å²) in [7, 11) is 0. The first-order valence-electron chi connectivity index (χ1n) is 14.9. The third-order valence-electron chi connectivity index (χ3n) is 9.35. The maximum atomic E-state index is 2.40. The van der Waals surface area contributed by atoms with Crippen LogP contribution in [0.3, 0.4) is 0 Å². The monoisotopic (exact) mass is 532 g/mol. The van der Waals surface area contributed by atoms with Crippen molar-refractivity contribution in [2.75, 3.05) is 0 Å². The van der Waals surface area contributed by atoms with Gasteiger partial charge in [-0.25, -0.2) is 0 Å². The van der Waals surface area contributed by atoms with Crippen molar-refractivity contribution in [3.8, 4) is 22.3 Å². The van der Waals surface area contributed by atoms with Crippen LogP contribution in [0, 0.1) is 0 Å². The Hall–Kier alpha value is -5.20. The molecule has 0 N–H and O–H groups in total. The second-order valence-electron chi connectivity index (χ2n) is 11.6. The molecular formula is C42H28. The van der Waals surface area contributed by atoms with Gasteiger partial charge in [0.1, 0.15) is 0 Å². The molecule has 0 bridgehead atoms. The van der Waals surface area contributed by atoms with Crippen LogP contribution in [0.2, 0.25) is 0 Å². The number of benzene rings is 7. The average Bonchev–Trinajstić information content (AvgIpc) is 3.63. The molecule has 2 aliphatic rings. The van der Waals surface area contributed by atoms with Gasteiger partial charge in [-0.15, -0.1) is 0 Å². The highest BCUT2D eigenvalue weighted by Gasteiger charge is 2.32. The number of rotatable bonds is 3. The molecule has 0 heteroatoms. The third-order valence-corrected chi connectivity index (χ3v) is 9.35. The van der Waals surface area contributed by atoms with E-state index in [4.69, 9.17) is 0 Å². The van der Waals surface area contributed by atoms with Crippen LogP contribution < -0.4 is 0 Å². The largest absolute Gasteiger partial charge is 0.0622 e. The van der Waals surface area contributed by atoms with Crippen LogP contribution >= 0.6 is 0 Å². The van der Waals surface area contributed by atoms with Gasteiger partial charge in [0.25, 0.3) is 0 Å². The topological polar surface area (TPSA) is 0 Å². The normalized spacial score (nSPS) is 13.4. The van der Waals surface area contributed by atoms with E-state index in [0.29, 0.717) is 0 Å². The first-order chi connectivity index (χ1) is 20.9. The SMILES string of the molecule is c1ccc(C2=C(c3c4ccccc4c(-c4ccccc4)c4ccccc34)Cc3c2ccc2c3-c3ccccc3C2)cc1. The van der Waals surface area contributed by atoms with Crippen LogP contribution in [-0.2, 0) is 12.8 Å². The number of hydrogen-bond donors (Lipinski definition) is 0. The van der Waals surface area contributed by atoms with E-state index >= 15 is 0 Å². The van der Waals surface area contributed by atoms with E-state index in [2.05, 4.69) is 146 Å². The molecule has 0 spiro atoms. The molecule has 0 aliphatic heterocycles. The van der Waals surface area contributed by atoms with Crippen molar-refractivity contribution in [1.82, 2.24) is 0 Å². The Labute approximate surface area is 246 Å². The molecule has 0 fully saturated rings.